The smallest absolute Gasteiger partial charge is 0.220 e. The summed E-state index contributed by atoms with van der Waals surface area (Å²) in [5.41, 5.74) is 6.64. The zero-order valence-corrected chi connectivity index (χ0v) is 15.0. The van der Waals surface area contributed by atoms with E-state index in [0.29, 0.717) is 31.4 Å². The lowest BCUT2D eigenvalue weighted by Gasteiger charge is -2.06. The van der Waals surface area contributed by atoms with E-state index in [4.69, 9.17) is 10.5 Å². The van der Waals surface area contributed by atoms with Crippen LogP contribution in [0.25, 0.3) is 0 Å². The molecule has 1 fully saturated rings. The number of anilines is 1. The molecule has 1 aliphatic carbocycles. The number of carbonyl (C=O) groups is 1. The van der Waals surface area contributed by atoms with Crippen LogP contribution in [0.1, 0.15) is 25.7 Å². The Morgan fingerprint density at radius 1 is 1.36 bits per heavy atom. The second-order valence-corrected chi connectivity index (χ2v) is 5.07. The van der Waals surface area contributed by atoms with Crippen LogP contribution in [0.15, 0.2) is 29.3 Å². The van der Waals surface area contributed by atoms with Crippen molar-refractivity contribution in [3.05, 3.63) is 24.3 Å². The Balaban J connectivity index is 0.00000242. The van der Waals surface area contributed by atoms with Gasteiger partial charge in [-0.25, -0.2) is 0 Å². The molecule has 0 atom stereocenters. The standard InChI is InChI=1S/C15H22N4O2.HI/c1-21-13-8-6-12(7-9-13)19-15(16)17-10-2-3-14(20)18-11-4-5-11;/h6-9,11H,2-5,10H2,1H3,(H,18,20)(H3,16,17,19);1H. The number of halogens is 1. The quantitative estimate of drug-likeness (QED) is 0.274. The first-order chi connectivity index (χ1) is 10.2. The first kappa shape index (κ1) is 18.5. The number of guanidine groups is 1. The molecule has 2 rings (SSSR count). The maximum absolute atomic E-state index is 11.5. The molecule has 0 saturated heterocycles. The molecule has 0 aliphatic heterocycles. The fraction of sp³-hybridized carbons (Fsp3) is 0.467. The van der Waals surface area contributed by atoms with Gasteiger partial charge < -0.3 is 21.1 Å². The van der Waals surface area contributed by atoms with Crippen LogP contribution in [0.5, 0.6) is 5.75 Å². The summed E-state index contributed by atoms with van der Waals surface area (Å²) in [6.07, 6.45) is 3.42. The fourth-order valence-corrected chi connectivity index (χ4v) is 1.83. The van der Waals surface area contributed by atoms with Gasteiger partial charge in [-0.2, -0.15) is 0 Å². The Labute approximate surface area is 147 Å². The zero-order valence-electron chi connectivity index (χ0n) is 12.7. The molecule has 0 radical (unpaired) electrons. The van der Waals surface area contributed by atoms with Crippen molar-refractivity contribution in [2.75, 3.05) is 19.0 Å². The van der Waals surface area contributed by atoms with Crippen molar-refractivity contribution in [1.82, 2.24) is 5.32 Å². The molecule has 7 heteroatoms. The Kier molecular flexibility index (Phi) is 8.00. The van der Waals surface area contributed by atoms with Crippen molar-refractivity contribution < 1.29 is 9.53 Å². The number of nitrogens with zero attached hydrogens (tertiary/aromatic N) is 1. The average Bonchev–Trinajstić information content (AvgIpc) is 3.28. The third kappa shape index (κ3) is 6.97. The average molecular weight is 418 g/mol. The van der Waals surface area contributed by atoms with Crippen LogP contribution in [0.3, 0.4) is 0 Å². The van der Waals surface area contributed by atoms with Gasteiger partial charge in [-0.3, -0.25) is 9.79 Å². The first-order valence-electron chi connectivity index (χ1n) is 7.18. The summed E-state index contributed by atoms with van der Waals surface area (Å²) in [6, 6.07) is 7.84. The van der Waals surface area contributed by atoms with Crippen molar-refractivity contribution in [3.8, 4) is 5.75 Å². The molecule has 1 aliphatic rings. The van der Waals surface area contributed by atoms with Crippen LogP contribution < -0.4 is 21.1 Å². The van der Waals surface area contributed by atoms with E-state index in [1.165, 1.54) is 0 Å². The van der Waals surface area contributed by atoms with Crippen LogP contribution in [-0.2, 0) is 4.79 Å². The number of nitrogens with two attached hydrogens (primary N) is 1. The van der Waals surface area contributed by atoms with Crippen molar-refractivity contribution >= 4 is 41.5 Å². The minimum absolute atomic E-state index is 0. The second-order valence-electron chi connectivity index (χ2n) is 5.07. The Hall–Kier alpha value is -1.51. The predicted octanol–water partition coefficient (Wildman–Crippen LogP) is 2.10. The molecule has 0 aromatic heterocycles. The number of hydrogen-bond acceptors (Lipinski definition) is 3. The topological polar surface area (TPSA) is 88.7 Å². The minimum atomic E-state index is 0. The number of aliphatic imine (C=N–C) groups is 1. The number of benzene rings is 1. The summed E-state index contributed by atoms with van der Waals surface area (Å²) < 4.78 is 5.08. The van der Waals surface area contributed by atoms with Crippen LogP contribution in [-0.4, -0.2) is 31.6 Å². The van der Waals surface area contributed by atoms with E-state index in [1.807, 2.05) is 24.3 Å². The number of ether oxygens (including phenoxy) is 1. The summed E-state index contributed by atoms with van der Waals surface area (Å²) in [5, 5.41) is 5.94. The lowest BCUT2D eigenvalue weighted by atomic mass is 10.3. The van der Waals surface area contributed by atoms with Gasteiger partial charge >= 0.3 is 0 Å². The van der Waals surface area contributed by atoms with Crippen LogP contribution in [0, 0.1) is 0 Å². The van der Waals surface area contributed by atoms with E-state index < -0.39 is 0 Å². The molecule has 6 nitrogen and oxygen atoms in total. The third-order valence-electron chi connectivity index (χ3n) is 3.15. The van der Waals surface area contributed by atoms with Crippen LogP contribution in [0.2, 0.25) is 0 Å². The number of rotatable bonds is 7. The van der Waals surface area contributed by atoms with Gasteiger partial charge in [0.05, 0.1) is 7.11 Å². The summed E-state index contributed by atoms with van der Waals surface area (Å²) in [5.74, 6) is 1.25. The summed E-state index contributed by atoms with van der Waals surface area (Å²) >= 11 is 0. The van der Waals surface area contributed by atoms with Gasteiger partial charge in [-0.1, -0.05) is 0 Å². The van der Waals surface area contributed by atoms with Crippen molar-refractivity contribution in [2.24, 2.45) is 10.7 Å². The summed E-state index contributed by atoms with van der Waals surface area (Å²) in [7, 11) is 1.62. The highest BCUT2D eigenvalue weighted by atomic mass is 127. The van der Waals surface area contributed by atoms with Gasteiger partial charge in [0, 0.05) is 24.7 Å². The molecule has 0 spiro atoms. The molecule has 122 valence electrons. The Morgan fingerprint density at radius 3 is 2.64 bits per heavy atom. The van der Waals surface area contributed by atoms with Gasteiger partial charge in [-0.05, 0) is 43.5 Å². The largest absolute Gasteiger partial charge is 0.497 e. The molecule has 1 aromatic carbocycles. The van der Waals surface area contributed by atoms with E-state index in [1.54, 1.807) is 7.11 Å². The van der Waals surface area contributed by atoms with Crippen molar-refractivity contribution in [3.63, 3.8) is 0 Å². The number of carbonyl (C=O) groups excluding carboxylic acids is 1. The lowest BCUT2D eigenvalue weighted by Crippen LogP contribution is -2.25. The van der Waals surface area contributed by atoms with E-state index in [9.17, 15) is 4.79 Å². The summed E-state index contributed by atoms with van der Waals surface area (Å²) in [6.45, 7) is 0.535. The van der Waals surface area contributed by atoms with Crippen molar-refractivity contribution in [2.45, 2.75) is 31.7 Å². The number of methoxy groups -OCH3 is 1. The molecular weight excluding hydrogens is 395 g/mol. The molecule has 0 heterocycles. The van der Waals surface area contributed by atoms with Gasteiger partial charge in [0.2, 0.25) is 5.91 Å². The van der Waals surface area contributed by atoms with Crippen molar-refractivity contribution in [1.29, 1.82) is 0 Å². The first-order valence-corrected chi connectivity index (χ1v) is 7.18. The van der Waals surface area contributed by atoms with E-state index in [-0.39, 0.29) is 29.9 Å². The zero-order chi connectivity index (χ0) is 15.1. The predicted molar refractivity (Wildman–Crippen MR) is 98.9 cm³/mol. The molecule has 0 unspecified atom stereocenters. The maximum Gasteiger partial charge on any atom is 0.220 e. The normalized spacial score (nSPS) is 14.0. The molecule has 1 aromatic rings. The molecule has 1 saturated carbocycles. The van der Waals surface area contributed by atoms with E-state index in [2.05, 4.69) is 15.6 Å². The SMILES string of the molecule is COc1ccc(NC(N)=NCCCC(=O)NC2CC2)cc1.I. The van der Waals surface area contributed by atoms with Gasteiger partial charge in [-0.15, -0.1) is 24.0 Å². The maximum atomic E-state index is 11.5. The molecule has 22 heavy (non-hydrogen) atoms. The highest BCUT2D eigenvalue weighted by molar-refractivity contribution is 14.0. The molecule has 1 amide bonds. The monoisotopic (exact) mass is 418 g/mol. The highest BCUT2D eigenvalue weighted by Gasteiger charge is 2.22. The van der Waals surface area contributed by atoms with E-state index in [0.717, 1.165) is 24.3 Å². The molecule has 0 bridgehead atoms. The van der Waals surface area contributed by atoms with Crippen LogP contribution in [0.4, 0.5) is 5.69 Å². The van der Waals surface area contributed by atoms with Gasteiger partial charge in [0.1, 0.15) is 5.75 Å². The lowest BCUT2D eigenvalue weighted by molar-refractivity contribution is -0.121. The second kappa shape index (κ2) is 9.50. The summed E-state index contributed by atoms with van der Waals surface area (Å²) in [4.78, 5) is 15.7. The van der Waals surface area contributed by atoms with Gasteiger partial charge in [0.25, 0.3) is 0 Å². The Bertz CT molecular complexity index is 501. The minimum Gasteiger partial charge on any atom is -0.497 e. The molecule has 4 N–H and O–H groups in total. The number of nitrogens with one attached hydrogen (secondary N) is 2. The van der Waals surface area contributed by atoms with Crippen LogP contribution >= 0.6 is 24.0 Å². The fourth-order valence-electron chi connectivity index (χ4n) is 1.83. The van der Waals surface area contributed by atoms with Gasteiger partial charge in [0.15, 0.2) is 5.96 Å². The van der Waals surface area contributed by atoms with E-state index >= 15 is 0 Å². The number of hydrogen-bond donors (Lipinski definition) is 3. The number of amides is 1. The highest BCUT2D eigenvalue weighted by Crippen LogP contribution is 2.18. The third-order valence-corrected chi connectivity index (χ3v) is 3.15. The molecular formula is C15H23IN4O2. The Morgan fingerprint density at radius 2 is 2.05 bits per heavy atom.